The molecular weight excluding hydrogens is 268 g/mol. The second-order valence-corrected chi connectivity index (χ2v) is 4.98. The molecule has 0 saturated carbocycles. The monoisotopic (exact) mass is 294 g/mol. The molecule has 0 unspecified atom stereocenters. The maximum absolute atomic E-state index is 12.7. The van der Waals surface area contributed by atoms with Gasteiger partial charge in [-0.15, -0.1) is 0 Å². The van der Waals surface area contributed by atoms with Crippen molar-refractivity contribution in [2.24, 2.45) is 0 Å². The number of nitrogens with one attached hydrogen (secondary N) is 1. The summed E-state index contributed by atoms with van der Waals surface area (Å²) >= 11 is 0. The summed E-state index contributed by atoms with van der Waals surface area (Å²) in [7, 11) is 1.60. The molecule has 5 nitrogen and oxygen atoms in total. The first-order valence-electron chi connectivity index (χ1n) is 7.37. The first-order chi connectivity index (χ1) is 10.1. The zero-order valence-corrected chi connectivity index (χ0v) is 13.2. The average Bonchev–Trinajstić information content (AvgIpc) is 2.48. The molecule has 0 aliphatic rings. The van der Waals surface area contributed by atoms with Crippen LogP contribution in [0.2, 0.25) is 0 Å². The summed E-state index contributed by atoms with van der Waals surface area (Å²) in [6.45, 7) is 6.08. The number of hydrogen-bond acceptors (Lipinski definition) is 4. The van der Waals surface area contributed by atoms with E-state index in [9.17, 15) is 4.79 Å². The number of methoxy groups -OCH3 is 1. The molecule has 1 amide bonds. The molecule has 0 saturated heterocycles. The highest BCUT2D eigenvalue weighted by atomic mass is 16.5. The standard InChI is InChI=1S/C16H26N2O3/c1-4-7-17-15-12-13(2)5-6-14(15)16(20)18(8-10-19)9-11-21-3/h5-6,12,17,19H,4,7-11H2,1-3H3. The molecule has 0 aliphatic heterocycles. The number of anilines is 1. The van der Waals surface area contributed by atoms with E-state index in [2.05, 4.69) is 12.2 Å². The lowest BCUT2D eigenvalue weighted by molar-refractivity contribution is 0.0657. The summed E-state index contributed by atoms with van der Waals surface area (Å²) in [6.07, 6.45) is 0.992. The molecule has 0 spiro atoms. The lowest BCUT2D eigenvalue weighted by Crippen LogP contribution is -2.36. The van der Waals surface area contributed by atoms with E-state index < -0.39 is 0 Å². The number of rotatable bonds is 9. The third-order valence-electron chi connectivity index (χ3n) is 3.19. The smallest absolute Gasteiger partial charge is 0.256 e. The van der Waals surface area contributed by atoms with E-state index in [0.29, 0.717) is 25.3 Å². The zero-order chi connectivity index (χ0) is 15.7. The Balaban J connectivity index is 2.96. The van der Waals surface area contributed by atoms with Crippen LogP contribution in [-0.4, -0.2) is 55.9 Å². The average molecular weight is 294 g/mol. The summed E-state index contributed by atoms with van der Waals surface area (Å²) in [4.78, 5) is 14.3. The summed E-state index contributed by atoms with van der Waals surface area (Å²) < 4.78 is 5.03. The summed E-state index contributed by atoms with van der Waals surface area (Å²) in [5.41, 5.74) is 2.59. The van der Waals surface area contributed by atoms with Crippen molar-refractivity contribution >= 4 is 11.6 Å². The van der Waals surface area contributed by atoms with Gasteiger partial charge in [0, 0.05) is 32.4 Å². The van der Waals surface area contributed by atoms with E-state index in [1.807, 2.05) is 25.1 Å². The van der Waals surface area contributed by atoms with Gasteiger partial charge in [-0.25, -0.2) is 0 Å². The second kappa shape index (κ2) is 9.37. The molecule has 0 atom stereocenters. The van der Waals surface area contributed by atoms with Crippen LogP contribution in [0.3, 0.4) is 0 Å². The highest BCUT2D eigenvalue weighted by Crippen LogP contribution is 2.19. The van der Waals surface area contributed by atoms with Gasteiger partial charge in [0.2, 0.25) is 0 Å². The highest BCUT2D eigenvalue weighted by Gasteiger charge is 2.18. The highest BCUT2D eigenvalue weighted by molar-refractivity contribution is 5.99. The number of aliphatic hydroxyl groups excluding tert-OH is 1. The lowest BCUT2D eigenvalue weighted by atomic mass is 10.1. The number of aliphatic hydroxyl groups is 1. The van der Waals surface area contributed by atoms with Crippen molar-refractivity contribution < 1.29 is 14.6 Å². The number of benzene rings is 1. The Morgan fingerprint density at radius 1 is 1.38 bits per heavy atom. The van der Waals surface area contributed by atoms with Gasteiger partial charge < -0.3 is 20.1 Å². The minimum atomic E-state index is -0.0836. The molecule has 0 radical (unpaired) electrons. The van der Waals surface area contributed by atoms with Gasteiger partial charge in [-0.1, -0.05) is 13.0 Å². The van der Waals surface area contributed by atoms with Gasteiger partial charge in [-0.2, -0.15) is 0 Å². The molecule has 0 fully saturated rings. The van der Waals surface area contributed by atoms with Crippen molar-refractivity contribution in [1.82, 2.24) is 4.90 Å². The Kier molecular flexibility index (Phi) is 7.79. The second-order valence-electron chi connectivity index (χ2n) is 4.98. The minimum Gasteiger partial charge on any atom is -0.395 e. The van der Waals surface area contributed by atoms with Crippen molar-refractivity contribution in [3.05, 3.63) is 29.3 Å². The Labute approximate surface area is 126 Å². The molecule has 0 aliphatic carbocycles. The van der Waals surface area contributed by atoms with Crippen molar-refractivity contribution in [3.8, 4) is 0 Å². The normalized spacial score (nSPS) is 10.5. The first-order valence-corrected chi connectivity index (χ1v) is 7.37. The van der Waals surface area contributed by atoms with Gasteiger partial charge in [0.15, 0.2) is 0 Å². The van der Waals surface area contributed by atoms with E-state index >= 15 is 0 Å². The molecule has 1 aromatic carbocycles. The molecule has 5 heteroatoms. The fraction of sp³-hybridized carbons (Fsp3) is 0.562. The van der Waals surface area contributed by atoms with Crippen LogP contribution in [0.1, 0.15) is 29.3 Å². The summed E-state index contributed by atoms with van der Waals surface area (Å²) in [6, 6.07) is 5.75. The van der Waals surface area contributed by atoms with Gasteiger partial charge in [0.05, 0.1) is 18.8 Å². The van der Waals surface area contributed by atoms with Gasteiger partial charge in [0.25, 0.3) is 5.91 Å². The molecule has 1 aromatic rings. The predicted octanol–water partition coefficient (Wildman–Crippen LogP) is 1.90. The first kappa shape index (κ1) is 17.5. The van der Waals surface area contributed by atoms with E-state index in [1.165, 1.54) is 0 Å². The zero-order valence-electron chi connectivity index (χ0n) is 13.2. The molecule has 0 aromatic heterocycles. The van der Waals surface area contributed by atoms with Crippen molar-refractivity contribution in [2.75, 3.05) is 45.3 Å². The van der Waals surface area contributed by atoms with Gasteiger partial charge in [-0.3, -0.25) is 4.79 Å². The fourth-order valence-corrected chi connectivity index (χ4v) is 2.06. The Morgan fingerprint density at radius 2 is 2.14 bits per heavy atom. The molecule has 0 heterocycles. The Hall–Kier alpha value is -1.59. The molecular formula is C16H26N2O3. The maximum Gasteiger partial charge on any atom is 0.256 e. The van der Waals surface area contributed by atoms with E-state index in [0.717, 1.165) is 24.2 Å². The number of carbonyl (C=O) groups excluding carboxylic acids is 1. The predicted molar refractivity (Wildman–Crippen MR) is 84.8 cm³/mol. The number of amides is 1. The Bertz CT molecular complexity index is 449. The van der Waals surface area contributed by atoms with E-state index in [-0.39, 0.29) is 12.5 Å². The van der Waals surface area contributed by atoms with Gasteiger partial charge in [0.1, 0.15) is 0 Å². The van der Waals surface area contributed by atoms with Crippen LogP contribution >= 0.6 is 0 Å². The summed E-state index contributed by atoms with van der Waals surface area (Å²) in [5.74, 6) is -0.0836. The van der Waals surface area contributed by atoms with Crippen LogP contribution in [0.4, 0.5) is 5.69 Å². The molecule has 1 rings (SSSR count). The van der Waals surface area contributed by atoms with Gasteiger partial charge >= 0.3 is 0 Å². The molecule has 0 bridgehead atoms. The number of aryl methyl sites for hydroxylation is 1. The fourth-order valence-electron chi connectivity index (χ4n) is 2.06. The van der Waals surface area contributed by atoms with Crippen molar-refractivity contribution in [3.63, 3.8) is 0 Å². The van der Waals surface area contributed by atoms with Crippen LogP contribution in [0.25, 0.3) is 0 Å². The largest absolute Gasteiger partial charge is 0.395 e. The third kappa shape index (κ3) is 5.36. The maximum atomic E-state index is 12.7. The van der Waals surface area contributed by atoms with Crippen molar-refractivity contribution in [2.45, 2.75) is 20.3 Å². The quantitative estimate of drug-likeness (QED) is 0.730. The third-order valence-corrected chi connectivity index (χ3v) is 3.19. The molecule has 21 heavy (non-hydrogen) atoms. The van der Waals surface area contributed by atoms with Crippen LogP contribution < -0.4 is 5.32 Å². The van der Waals surface area contributed by atoms with Crippen LogP contribution in [0, 0.1) is 6.92 Å². The minimum absolute atomic E-state index is 0.0565. The number of ether oxygens (including phenoxy) is 1. The van der Waals surface area contributed by atoms with Crippen LogP contribution in [-0.2, 0) is 4.74 Å². The SMILES string of the molecule is CCCNc1cc(C)ccc1C(=O)N(CCO)CCOC. The Morgan fingerprint density at radius 3 is 2.76 bits per heavy atom. The molecule has 118 valence electrons. The molecule has 2 N–H and O–H groups in total. The van der Waals surface area contributed by atoms with Crippen LogP contribution in [0.15, 0.2) is 18.2 Å². The van der Waals surface area contributed by atoms with E-state index in [1.54, 1.807) is 12.0 Å². The van der Waals surface area contributed by atoms with E-state index in [4.69, 9.17) is 9.84 Å². The number of hydrogen-bond donors (Lipinski definition) is 2. The lowest BCUT2D eigenvalue weighted by Gasteiger charge is -2.23. The summed E-state index contributed by atoms with van der Waals surface area (Å²) in [5, 5.41) is 12.4. The van der Waals surface area contributed by atoms with Crippen LogP contribution in [0.5, 0.6) is 0 Å². The van der Waals surface area contributed by atoms with Crippen molar-refractivity contribution in [1.29, 1.82) is 0 Å². The topological polar surface area (TPSA) is 61.8 Å². The number of carbonyl (C=O) groups is 1. The number of nitrogens with zero attached hydrogens (tertiary/aromatic N) is 1. The van der Waals surface area contributed by atoms with Gasteiger partial charge in [-0.05, 0) is 31.0 Å².